The minimum absolute atomic E-state index is 0.0494. The second-order valence-corrected chi connectivity index (χ2v) is 6.75. The highest BCUT2D eigenvalue weighted by atomic mass is 79.9. The molecule has 0 heterocycles. The van der Waals surface area contributed by atoms with Gasteiger partial charge in [-0.3, -0.25) is 4.79 Å². The molecular formula is C16H22BrNO. The van der Waals surface area contributed by atoms with Crippen LogP contribution in [-0.2, 0) is 0 Å². The van der Waals surface area contributed by atoms with E-state index in [2.05, 4.69) is 28.2 Å². The Morgan fingerprint density at radius 3 is 2.68 bits per heavy atom. The van der Waals surface area contributed by atoms with Crippen molar-refractivity contribution in [2.45, 2.75) is 44.4 Å². The molecular weight excluding hydrogens is 302 g/mol. The predicted octanol–water partition coefficient (Wildman–Crippen LogP) is 3.99. The highest BCUT2D eigenvalue weighted by Gasteiger charge is 2.23. The highest BCUT2D eigenvalue weighted by molar-refractivity contribution is 9.09. The fourth-order valence-electron chi connectivity index (χ4n) is 2.60. The first kappa shape index (κ1) is 14.6. The van der Waals surface area contributed by atoms with Gasteiger partial charge in [0.05, 0.1) is 0 Å². The molecule has 0 saturated heterocycles. The van der Waals surface area contributed by atoms with Crippen LogP contribution in [0.4, 0.5) is 0 Å². The number of benzene rings is 1. The lowest BCUT2D eigenvalue weighted by Gasteiger charge is -2.27. The number of hydrogen-bond acceptors (Lipinski definition) is 1. The summed E-state index contributed by atoms with van der Waals surface area (Å²) in [6.45, 7) is 4.89. The van der Waals surface area contributed by atoms with Gasteiger partial charge in [0.1, 0.15) is 0 Å². The van der Waals surface area contributed by atoms with Crippen LogP contribution < -0.4 is 5.32 Å². The molecule has 1 amide bonds. The molecule has 1 fully saturated rings. The Kier molecular flexibility index (Phi) is 5.03. The molecule has 2 unspecified atom stereocenters. The van der Waals surface area contributed by atoms with E-state index in [9.17, 15) is 4.79 Å². The van der Waals surface area contributed by atoms with Crippen LogP contribution in [0.2, 0.25) is 0 Å². The molecule has 1 aromatic rings. The Balaban J connectivity index is 1.91. The van der Waals surface area contributed by atoms with Crippen LogP contribution >= 0.6 is 15.9 Å². The quantitative estimate of drug-likeness (QED) is 0.837. The molecule has 2 nitrogen and oxygen atoms in total. The number of hydrogen-bond donors (Lipinski definition) is 1. The first-order chi connectivity index (χ1) is 9.08. The first-order valence-corrected chi connectivity index (χ1v) is 7.99. The monoisotopic (exact) mass is 323 g/mol. The van der Waals surface area contributed by atoms with Gasteiger partial charge in [-0.05, 0) is 55.9 Å². The second-order valence-electron chi connectivity index (χ2n) is 5.57. The number of rotatable bonds is 3. The lowest BCUT2D eigenvalue weighted by Crippen LogP contribution is -2.34. The Bertz CT molecular complexity index is 458. The van der Waals surface area contributed by atoms with Gasteiger partial charge in [-0.1, -0.05) is 34.8 Å². The molecule has 0 radical (unpaired) electrons. The van der Waals surface area contributed by atoms with E-state index in [0.29, 0.717) is 10.7 Å². The summed E-state index contributed by atoms with van der Waals surface area (Å²) < 4.78 is 0. The van der Waals surface area contributed by atoms with Crippen molar-refractivity contribution in [3.63, 3.8) is 0 Å². The third-order valence-corrected chi connectivity index (χ3v) is 5.32. The van der Waals surface area contributed by atoms with Gasteiger partial charge in [0.25, 0.3) is 5.91 Å². The normalized spacial score (nSPS) is 23.1. The van der Waals surface area contributed by atoms with E-state index in [4.69, 9.17) is 0 Å². The van der Waals surface area contributed by atoms with Gasteiger partial charge in [0.2, 0.25) is 0 Å². The van der Waals surface area contributed by atoms with Crippen molar-refractivity contribution in [2.75, 3.05) is 6.54 Å². The number of nitrogens with one attached hydrogen (secondary N) is 1. The molecule has 0 bridgehead atoms. The fraction of sp³-hybridized carbons (Fsp3) is 0.562. The maximum atomic E-state index is 12.1. The van der Waals surface area contributed by atoms with E-state index in [0.717, 1.165) is 12.1 Å². The summed E-state index contributed by atoms with van der Waals surface area (Å²) in [5, 5.41) is 3.08. The molecule has 19 heavy (non-hydrogen) atoms. The average Bonchev–Trinajstić information content (AvgIpc) is 2.40. The number of carbonyl (C=O) groups is 1. The van der Waals surface area contributed by atoms with Crippen molar-refractivity contribution in [1.29, 1.82) is 0 Å². The summed E-state index contributed by atoms with van der Waals surface area (Å²) in [7, 11) is 0. The topological polar surface area (TPSA) is 29.1 Å². The number of alkyl halides is 1. The number of aryl methyl sites for hydroxylation is 2. The Morgan fingerprint density at radius 1 is 1.26 bits per heavy atom. The van der Waals surface area contributed by atoms with Crippen molar-refractivity contribution in [3.8, 4) is 0 Å². The van der Waals surface area contributed by atoms with Gasteiger partial charge in [0, 0.05) is 16.9 Å². The van der Waals surface area contributed by atoms with E-state index in [1.165, 1.54) is 36.8 Å². The van der Waals surface area contributed by atoms with Gasteiger partial charge in [0.15, 0.2) is 0 Å². The van der Waals surface area contributed by atoms with Crippen LogP contribution in [0.25, 0.3) is 0 Å². The standard InChI is InChI=1S/C16H22BrNO/c1-11-7-8-13(9-12(11)2)16(19)18-10-14-5-3-4-6-15(14)17/h7-9,14-15H,3-6,10H2,1-2H3,(H,18,19). The van der Waals surface area contributed by atoms with E-state index >= 15 is 0 Å². The summed E-state index contributed by atoms with van der Waals surface area (Å²) in [5.41, 5.74) is 3.16. The van der Waals surface area contributed by atoms with Crippen LogP contribution in [0, 0.1) is 19.8 Å². The van der Waals surface area contributed by atoms with Gasteiger partial charge in [-0.15, -0.1) is 0 Å². The molecule has 1 aliphatic carbocycles. The Labute approximate surface area is 124 Å². The summed E-state index contributed by atoms with van der Waals surface area (Å²) in [6.07, 6.45) is 5.02. The number of halogens is 1. The largest absolute Gasteiger partial charge is 0.352 e. The number of carbonyl (C=O) groups excluding carboxylic acids is 1. The summed E-state index contributed by atoms with van der Waals surface area (Å²) in [6, 6.07) is 5.89. The van der Waals surface area contributed by atoms with E-state index in [1.54, 1.807) is 0 Å². The van der Waals surface area contributed by atoms with Crippen LogP contribution in [0.5, 0.6) is 0 Å². The van der Waals surface area contributed by atoms with E-state index in [1.807, 2.05) is 25.1 Å². The molecule has 1 N–H and O–H groups in total. The fourth-order valence-corrected chi connectivity index (χ4v) is 3.38. The molecule has 0 aliphatic heterocycles. The predicted molar refractivity (Wildman–Crippen MR) is 82.9 cm³/mol. The Hall–Kier alpha value is -0.830. The van der Waals surface area contributed by atoms with Crippen LogP contribution in [0.3, 0.4) is 0 Å². The smallest absolute Gasteiger partial charge is 0.251 e. The van der Waals surface area contributed by atoms with Crippen molar-refractivity contribution >= 4 is 21.8 Å². The van der Waals surface area contributed by atoms with Crippen LogP contribution in [0.15, 0.2) is 18.2 Å². The zero-order valence-corrected chi connectivity index (χ0v) is 13.3. The van der Waals surface area contributed by atoms with Crippen LogP contribution in [-0.4, -0.2) is 17.3 Å². The van der Waals surface area contributed by atoms with E-state index < -0.39 is 0 Å². The Morgan fingerprint density at radius 2 is 2.00 bits per heavy atom. The molecule has 1 aromatic carbocycles. The summed E-state index contributed by atoms with van der Waals surface area (Å²) >= 11 is 3.73. The molecule has 1 saturated carbocycles. The van der Waals surface area contributed by atoms with Crippen molar-refractivity contribution < 1.29 is 4.79 Å². The molecule has 1 aliphatic rings. The summed E-state index contributed by atoms with van der Waals surface area (Å²) in [4.78, 5) is 12.7. The van der Waals surface area contributed by atoms with Gasteiger partial charge < -0.3 is 5.32 Å². The molecule has 104 valence electrons. The average molecular weight is 324 g/mol. The third-order valence-electron chi connectivity index (χ3n) is 4.11. The minimum Gasteiger partial charge on any atom is -0.352 e. The first-order valence-electron chi connectivity index (χ1n) is 7.07. The summed E-state index contributed by atoms with van der Waals surface area (Å²) in [5.74, 6) is 0.623. The highest BCUT2D eigenvalue weighted by Crippen LogP contribution is 2.29. The molecule has 2 rings (SSSR count). The maximum absolute atomic E-state index is 12.1. The lowest BCUT2D eigenvalue weighted by atomic mass is 9.89. The van der Waals surface area contributed by atoms with Crippen LogP contribution in [0.1, 0.15) is 47.2 Å². The van der Waals surface area contributed by atoms with Crippen molar-refractivity contribution in [3.05, 3.63) is 34.9 Å². The molecule has 0 spiro atoms. The maximum Gasteiger partial charge on any atom is 0.251 e. The minimum atomic E-state index is 0.0494. The number of amides is 1. The van der Waals surface area contributed by atoms with Crippen molar-refractivity contribution in [1.82, 2.24) is 5.32 Å². The SMILES string of the molecule is Cc1ccc(C(=O)NCC2CCCCC2Br)cc1C. The molecule has 2 atom stereocenters. The third kappa shape index (κ3) is 3.82. The zero-order chi connectivity index (χ0) is 13.8. The lowest BCUT2D eigenvalue weighted by molar-refractivity contribution is 0.0944. The second kappa shape index (κ2) is 6.56. The molecule has 0 aromatic heterocycles. The van der Waals surface area contributed by atoms with Gasteiger partial charge >= 0.3 is 0 Å². The molecule has 3 heteroatoms. The van der Waals surface area contributed by atoms with Gasteiger partial charge in [-0.25, -0.2) is 0 Å². The van der Waals surface area contributed by atoms with Crippen molar-refractivity contribution in [2.24, 2.45) is 5.92 Å². The zero-order valence-electron chi connectivity index (χ0n) is 11.7. The van der Waals surface area contributed by atoms with Gasteiger partial charge in [-0.2, -0.15) is 0 Å². The van der Waals surface area contributed by atoms with E-state index in [-0.39, 0.29) is 5.91 Å².